The van der Waals surface area contributed by atoms with E-state index < -0.39 is 6.04 Å². The minimum absolute atomic E-state index is 0.289. The maximum Gasteiger partial charge on any atom is 0.134 e. The molecule has 0 saturated heterocycles. The first-order valence-electron chi connectivity index (χ1n) is 5.01. The molecule has 1 aromatic carbocycles. The van der Waals surface area contributed by atoms with E-state index in [1.54, 1.807) is 18.2 Å². The van der Waals surface area contributed by atoms with Crippen molar-refractivity contribution in [2.45, 2.75) is 12.5 Å². The van der Waals surface area contributed by atoms with Gasteiger partial charge in [-0.3, -0.25) is 0 Å². The molecule has 5 heteroatoms. The van der Waals surface area contributed by atoms with Crippen LogP contribution in [0.15, 0.2) is 39.4 Å². The second-order valence-electron chi connectivity index (χ2n) is 3.64. The molecule has 1 heterocycles. The molecule has 2 N–H and O–H groups in total. The van der Waals surface area contributed by atoms with Gasteiger partial charge in [0, 0.05) is 10.6 Å². The number of hydrogen-bond acceptors (Lipinski definition) is 2. The topological polar surface area (TPSA) is 39.2 Å². The standard InChI is InChI=1S/C12H10BrClFNO/c13-8-4-5-17-12(8)11(16)6-7-9(14)2-1-3-10(7)15/h1-5,11H,6,16H2. The van der Waals surface area contributed by atoms with E-state index in [1.807, 2.05) is 0 Å². The zero-order valence-electron chi connectivity index (χ0n) is 8.79. The number of hydrogen-bond donors (Lipinski definition) is 1. The molecule has 17 heavy (non-hydrogen) atoms. The average molecular weight is 319 g/mol. The molecule has 0 spiro atoms. The zero-order chi connectivity index (χ0) is 12.4. The fraction of sp³-hybridized carbons (Fsp3) is 0.167. The summed E-state index contributed by atoms with van der Waals surface area (Å²) in [5, 5.41) is 0.378. The van der Waals surface area contributed by atoms with Crippen molar-refractivity contribution in [3.63, 3.8) is 0 Å². The average Bonchev–Trinajstić information content (AvgIpc) is 2.70. The van der Waals surface area contributed by atoms with Crippen LogP contribution in [0, 0.1) is 5.82 Å². The third kappa shape index (κ3) is 2.70. The molecule has 0 aliphatic rings. The highest BCUT2D eigenvalue weighted by atomic mass is 79.9. The molecular formula is C12H10BrClFNO. The summed E-state index contributed by atoms with van der Waals surface area (Å²) < 4.78 is 19.6. The van der Waals surface area contributed by atoms with Gasteiger partial charge in [-0.2, -0.15) is 0 Å². The van der Waals surface area contributed by atoms with Gasteiger partial charge in [-0.15, -0.1) is 0 Å². The minimum atomic E-state index is -0.436. The third-order valence-corrected chi connectivity index (χ3v) is 3.48. The van der Waals surface area contributed by atoms with Gasteiger partial charge in [0.1, 0.15) is 11.6 Å². The van der Waals surface area contributed by atoms with E-state index >= 15 is 0 Å². The van der Waals surface area contributed by atoms with Crippen LogP contribution in [0.2, 0.25) is 5.02 Å². The van der Waals surface area contributed by atoms with Crippen LogP contribution in [0.25, 0.3) is 0 Å². The molecule has 0 amide bonds. The van der Waals surface area contributed by atoms with Crippen molar-refractivity contribution in [1.29, 1.82) is 0 Å². The normalized spacial score (nSPS) is 12.7. The van der Waals surface area contributed by atoms with Crippen LogP contribution in [-0.4, -0.2) is 0 Å². The molecule has 1 unspecified atom stereocenters. The predicted octanol–water partition coefficient (Wildman–Crippen LogP) is 4.08. The first kappa shape index (κ1) is 12.6. The first-order chi connectivity index (χ1) is 8.09. The van der Waals surface area contributed by atoms with Crippen molar-refractivity contribution in [3.8, 4) is 0 Å². The Hall–Kier alpha value is -0.840. The highest BCUT2D eigenvalue weighted by Gasteiger charge is 2.17. The summed E-state index contributed by atoms with van der Waals surface area (Å²) >= 11 is 9.25. The quantitative estimate of drug-likeness (QED) is 0.926. The van der Waals surface area contributed by atoms with Crippen LogP contribution in [0.4, 0.5) is 4.39 Å². The summed E-state index contributed by atoms with van der Waals surface area (Å²) in [4.78, 5) is 0. The fourth-order valence-corrected chi connectivity index (χ4v) is 2.35. The Labute approximate surface area is 112 Å². The molecule has 1 aromatic heterocycles. The van der Waals surface area contributed by atoms with E-state index in [4.69, 9.17) is 21.8 Å². The Bertz CT molecular complexity index is 509. The first-order valence-corrected chi connectivity index (χ1v) is 6.18. The smallest absolute Gasteiger partial charge is 0.134 e. The molecule has 2 rings (SSSR count). The van der Waals surface area contributed by atoms with Crippen molar-refractivity contribution < 1.29 is 8.81 Å². The van der Waals surface area contributed by atoms with Gasteiger partial charge in [0.2, 0.25) is 0 Å². The van der Waals surface area contributed by atoms with Crippen LogP contribution in [0.3, 0.4) is 0 Å². The van der Waals surface area contributed by atoms with E-state index in [1.165, 1.54) is 12.3 Å². The van der Waals surface area contributed by atoms with E-state index in [-0.39, 0.29) is 12.2 Å². The van der Waals surface area contributed by atoms with Crippen molar-refractivity contribution in [2.75, 3.05) is 0 Å². The van der Waals surface area contributed by atoms with Gasteiger partial charge < -0.3 is 10.2 Å². The number of halogens is 3. The molecule has 0 aliphatic carbocycles. The van der Waals surface area contributed by atoms with Gasteiger partial charge >= 0.3 is 0 Å². The van der Waals surface area contributed by atoms with Crippen LogP contribution in [0.5, 0.6) is 0 Å². The molecule has 90 valence electrons. The van der Waals surface area contributed by atoms with E-state index in [0.29, 0.717) is 16.3 Å². The molecule has 2 nitrogen and oxygen atoms in total. The van der Waals surface area contributed by atoms with Gasteiger partial charge in [0.15, 0.2) is 0 Å². The molecule has 1 atom stereocenters. The van der Waals surface area contributed by atoms with Gasteiger partial charge in [-0.1, -0.05) is 17.7 Å². The van der Waals surface area contributed by atoms with Gasteiger partial charge in [0.25, 0.3) is 0 Å². The SMILES string of the molecule is NC(Cc1c(F)cccc1Cl)c1occc1Br. The second kappa shape index (κ2) is 5.21. The third-order valence-electron chi connectivity index (χ3n) is 2.47. The molecule has 0 aliphatic heterocycles. The summed E-state index contributed by atoms with van der Waals surface area (Å²) in [5.41, 5.74) is 6.37. The summed E-state index contributed by atoms with van der Waals surface area (Å²) in [7, 11) is 0. The summed E-state index contributed by atoms with van der Waals surface area (Å²) in [5.74, 6) is 0.236. The Kier molecular flexibility index (Phi) is 3.86. The highest BCUT2D eigenvalue weighted by molar-refractivity contribution is 9.10. The number of nitrogens with two attached hydrogens (primary N) is 1. The molecule has 0 radical (unpaired) electrons. The second-order valence-corrected chi connectivity index (χ2v) is 4.91. The molecule has 0 bridgehead atoms. The fourth-order valence-electron chi connectivity index (χ4n) is 1.61. The Balaban J connectivity index is 2.25. The molecular weight excluding hydrogens is 308 g/mol. The monoisotopic (exact) mass is 317 g/mol. The van der Waals surface area contributed by atoms with Crippen molar-refractivity contribution in [3.05, 3.63) is 57.2 Å². The number of rotatable bonds is 3. The maximum absolute atomic E-state index is 13.6. The zero-order valence-corrected chi connectivity index (χ0v) is 11.1. The predicted molar refractivity (Wildman–Crippen MR) is 68.5 cm³/mol. The van der Waals surface area contributed by atoms with Crippen molar-refractivity contribution in [1.82, 2.24) is 0 Å². The van der Waals surface area contributed by atoms with Gasteiger partial charge in [-0.25, -0.2) is 4.39 Å². The Morgan fingerprint density at radius 3 is 2.76 bits per heavy atom. The van der Waals surface area contributed by atoms with Crippen LogP contribution in [0.1, 0.15) is 17.4 Å². The van der Waals surface area contributed by atoms with E-state index in [2.05, 4.69) is 15.9 Å². The van der Waals surface area contributed by atoms with Crippen LogP contribution < -0.4 is 5.73 Å². The highest BCUT2D eigenvalue weighted by Crippen LogP contribution is 2.28. The lowest BCUT2D eigenvalue weighted by Gasteiger charge is -2.11. The Morgan fingerprint density at radius 2 is 2.18 bits per heavy atom. The van der Waals surface area contributed by atoms with Gasteiger partial charge in [-0.05, 0) is 40.5 Å². The number of furan rings is 1. The van der Waals surface area contributed by atoms with Crippen LogP contribution in [-0.2, 0) is 6.42 Å². The summed E-state index contributed by atoms with van der Waals surface area (Å²) in [6, 6.07) is 5.89. The van der Waals surface area contributed by atoms with E-state index in [9.17, 15) is 4.39 Å². The Morgan fingerprint density at radius 1 is 1.41 bits per heavy atom. The molecule has 0 saturated carbocycles. The summed E-state index contributed by atoms with van der Waals surface area (Å²) in [6.07, 6.45) is 1.82. The van der Waals surface area contributed by atoms with Crippen LogP contribution >= 0.6 is 27.5 Å². The van der Waals surface area contributed by atoms with Gasteiger partial charge in [0.05, 0.1) is 16.8 Å². The lowest BCUT2D eigenvalue weighted by atomic mass is 10.0. The lowest BCUT2D eigenvalue weighted by Crippen LogP contribution is -2.14. The molecule has 0 fully saturated rings. The number of benzene rings is 1. The largest absolute Gasteiger partial charge is 0.466 e. The minimum Gasteiger partial charge on any atom is -0.466 e. The summed E-state index contributed by atoms with van der Waals surface area (Å²) in [6.45, 7) is 0. The lowest BCUT2D eigenvalue weighted by molar-refractivity contribution is 0.458. The molecule has 2 aromatic rings. The van der Waals surface area contributed by atoms with Crippen molar-refractivity contribution in [2.24, 2.45) is 5.73 Å². The van der Waals surface area contributed by atoms with Crippen molar-refractivity contribution >= 4 is 27.5 Å². The maximum atomic E-state index is 13.6. The van der Waals surface area contributed by atoms with E-state index in [0.717, 1.165) is 4.47 Å².